The summed E-state index contributed by atoms with van der Waals surface area (Å²) in [6, 6.07) is -0.0590. The number of fused-ring (bicyclic) bond motifs is 1. The predicted molar refractivity (Wildman–Crippen MR) is 106 cm³/mol. The summed E-state index contributed by atoms with van der Waals surface area (Å²) in [5, 5.41) is 3.44. The quantitative estimate of drug-likeness (QED) is 0.820. The molecule has 1 saturated carbocycles. The molecule has 150 valence electrons. The number of hydrogen-bond acceptors (Lipinski definition) is 5. The Labute approximate surface area is 165 Å². The van der Waals surface area contributed by atoms with E-state index in [4.69, 9.17) is 4.74 Å². The minimum Gasteiger partial charge on any atom is -0.376 e. The molecule has 3 fully saturated rings. The van der Waals surface area contributed by atoms with Crippen LogP contribution in [0.25, 0.3) is 10.2 Å². The fraction of sp³-hybridized carbons (Fsp3) is 0.632. The number of carbonyl (C=O) groups excluding carboxylic acids is 1. The highest BCUT2D eigenvalue weighted by atomic mass is 32.1. The summed E-state index contributed by atoms with van der Waals surface area (Å²) < 4.78 is 8.96. The molecule has 8 nitrogen and oxygen atoms in total. The molecule has 1 N–H and O–H groups in total. The van der Waals surface area contributed by atoms with Gasteiger partial charge in [0.1, 0.15) is 4.83 Å². The topological polar surface area (TPSA) is 85.6 Å². The SMILES string of the molecule is Cc1c(CN2CCNC2=O)sc2c1c(=O)n(C1CC1)c(=O)n2C[C@@H]1CCCO1. The van der Waals surface area contributed by atoms with E-state index in [1.807, 2.05) is 6.92 Å². The van der Waals surface area contributed by atoms with Crippen molar-refractivity contribution >= 4 is 27.6 Å². The monoisotopic (exact) mass is 404 g/mol. The zero-order valence-corrected chi connectivity index (χ0v) is 16.7. The highest BCUT2D eigenvalue weighted by molar-refractivity contribution is 7.18. The number of hydrogen-bond donors (Lipinski definition) is 1. The second-order valence-corrected chi connectivity index (χ2v) is 9.00. The van der Waals surface area contributed by atoms with Gasteiger partial charge in [-0.3, -0.25) is 13.9 Å². The smallest absolute Gasteiger partial charge is 0.332 e. The number of thiophene rings is 1. The number of amides is 2. The first-order valence-corrected chi connectivity index (χ1v) is 10.8. The van der Waals surface area contributed by atoms with Gasteiger partial charge in [0.05, 0.1) is 24.6 Å². The lowest BCUT2D eigenvalue weighted by atomic mass is 10.2. The van der Waals surface area contributed by atoms with E-state index in [0.29, 0.717) is 31.6 Å². The first-order valence-electron chi connectivity index (χ1n) is 9.96. The normalized spacial score (nSPS) is 22.4. The molecule has 2 aromatic rings. The molecule has 0 bridgehead atoms. The Morgan fingerprint density at radius 3 is 2.68 bits per heavy atom. The second-order valence-electron chi connectivity index (χ2n) is 7.92. The van der Waals surface area contributed by atoms with Crippen molar-refractivity contribution in [3.05, 3.63) is 31.3 Å². The van der Waals surface area contributed by atoms with Gasteiger partial charge in [-0.1, -0.05) is 0 Å². The van der Waals surface area contributed by atoms with Crippen molar-refractivity contribution in [1.82, 2.24) is 19.4 Å². The van der Waals surface area contributed by atoms with Gasteiger partial charge in [-0.05, 0) is 38.2 Å². The van der Waals surface area contributed by atoms with Gasteiger partial charge in [-0.15, -0.1) is 11.3 Å². The van der Waals surface area contributed by atoms with E-state index in [-0.39, 0.29) is 29.4 Å². The largest absolute Gasteiger partial charge is 0.376 e. The fourth-order valence-corrected chi connectivity index (χ4v) is 5.52. The van der Waals surface area contributed by atoms with Gasteiger partial charge in [0, 0.05) is 30.6 Å². The Morgan fingerprint density at radius 2 is 2.04 bits per heavy atom. The molecule has 1 atom stereocenters. The molecule has 1 aliphatic carbocycles. The molecule has 2 aromatic heterocycles. The van der Waals surface area contributed by atoms with E-state index < -0.39 is 0 Å². The molecule has 0 spiro atoms. The van der Waals surface area contributed by atoms with E-state index >= 15 is 0 Å². The van der Waals surface area contributed by atoms with Crippen LogP contribution in [0.15, 0.2) is 9.59 Å². The molecule has 28 heavy (non-hydrogen) atoms. The Morgan fingerprint density at radius 1 is 1.21 bits per heavy atom. The van der Waals surface area contributed by atoms with Crippen molar-refractivity contribution in [2.24, 2.45) is 0 Å². The van der Waals surface area contributed by atoms with Crippen LogP contribution in [0, 0.1) is 6.92 Å². The maximum atomic E-state index is 13.2. The number of nitrogens with one attached hydrogen (secondary N) is 1. The van der Waals surface area contributed by atoms with E-state index in [9.17, 15) is 14.4 Å². The molecule has 0 radical (unpaired) electrons. The zero-order valence-electron chi connectivity index (χ0n) is 15.9. The van der Waals surface area contributed by atoms with Crippen LogP contribution in [-0.2, 0) is 17.8 Å². The standard InChI is InChI=1S/C19H24N4O4S/c1-11-14(10-21-7-6-20-18(21)25)28-17-15(11)16(24)23(12-4-5-12)19(26)22(17)9-13-3-2-8-27-13/h12-13H,2-10H2,1H3,(H,20,25)/t13-/m0/s1. The van der Waals surface area contributed by atoms with Crippen LogP contribution in [0.3, 0.4) is 0 Å². The van der Waals surface area contributed by atoms with Crippen molar-refractivity contribution in [2.75, 3.05) is 19.7 Å². The van der Waals surface area contributed by atoms with E-state index in [2.05, 4.69) is 5.32 Å². The minimum absolute atomic E-state index is 0.0151. The van der Waals surface area contributed by atoms with Crippen molar-refractivity contribution in [2.45, 2.75) is 57.8 Å². The summed E-state index contributed by atoms with van der Waals surface area (Å²) in [7, 11) is 0. The zero-order chi connectivity index (χ0) is 19.4. The van der Waals surface area contributed by atoms with E-state index in [0.717, 1.165) is 47.6 Å². The molecule has 5 rings (SSSR count). The Bertz CT molecular complexity index is 1060. The first-order chi connectivity index (χ1) is 13.5. The number of urea groups is 1. The maximum Gasteiger partial charge on any atom is 0.332 e. The van der Waals surface area contributed by atoms with Crippen LogP contribution >= 0.6 is 11.3 Å². The lowest BCUT2D eigenvalue weighted by Crippen LogP contribution is -2.40. The third-order valence-electron chi connectivity index (χ3n) is 5.94. The molecule has 3 aliphatic rings. The van der Waals surface area contributed by atoms with Crippen molar-refractivity contribution in [3.8, 4) is 0 Å². The van der Waals surface area contributed by atoms with Gasteiger partial charge < -0.3 is 15.0 Å². The average molecular weight is 404 g/mol. The molecule has 2 amide bonds. The Hall–Kier alpha value is -2.13. The molecular weight excluding hydrogens is 380 g/mol. The van der Waals surface area contributed by atoms with E-state index in [1.165, 1.54) is 15.9 Å². The van der Waals surface area contributed by atoms with Crippen molar-refractivity contribution < 1.29 is 9.53 Å². The summed E-state index contributed by atoms with van der Waals surface area (Å²) in [6.07, 6.45) is 3.71. The number of aryl methyl sites for hydroxylation is 1. The van der Waals surface area contributed by atoms with Crippen LogP contribution in [-0.4, -0.2) is 45.9 Å². The van der Waals surface area contributed by atoms with Gasteiger partial charge in [-0.2, -0.15) is 0 Å². The van der Waals surface area contributed by atoms with Crippen molar-refractivity contribution in [3.63, 3.8) is 0 Å². The van der Waals surface area contributed by atoms with Gasteiger partial charge in [-0.25, -0.2) is 9.59 Å². The lowest BCUT2D eigenvalue weighted by molar-refractivity contribution is 0.0966. The van der Waals surface area contributed by atoms with Crippen LogP contribution in [0.2, 0.25) is 0 Å². The fourth-order valence-electron chi connectivity index (χ4n) is 4.20. The average Bonchev–Trinajstić information content (AvgIpc) is 3.06. The lowest BCUT2D eigenvalue weighted by Gasteiger charge is -2.15. The highest BCUT2D eigenvalue weighted by Crippen LogP contribution is 2.35. The summed E-state index contributed by atoms with van der Waals surface area (Å²) >= 11 is 1.46. The van der Waals surface area contributed by atoms with Crippen molar-refractivity contribution in [1.29, 1.82) is 0 Å². The van der Waals surface area contributed by atoms with Crippen LogP contribution in [0.5, 0.6) is 0 Å². The highest BCUT2D eigenvalue weighted by Gasteiger charge is 2.32. The minimum atomic E-state index is -0.220. The van der Waals surface area contributed by atoms with Gasteiger partial charge >= 0.3 is 11.7 Å². The van der Waals surface area contributed by atoms with Crippen LogP contribution < -0.4 is 16.6 Å². The molecule has 9 heteroatoms. The Balaban J connectivity index is 1.65. The third kappa shape index (κ3) is 2.88. The Kier molecular flexibility index (Phi) is 4.31. The number of carbonyl (C=O) groups is 1. The molecule has 4 heterocycles. The molecule has 0 aromatic carbocycles. The molecular formula is C19H24N4O4S. The van der Waals surface area contributed by atoms with Gasteiger partial charge in [0.15, 0.2) is 0 Å². The first kappa shape index (κ1) is 17.9. The maximum absolute atomic E-state index is 13.2. The molecule has 2 aliphatic heterocycles. The molecule has 0 unspecified atom stereocenters. The number of ether oxygens (including phenoxy) is 1. The third-order valence-corrected chi connectivity index (χ3v) is 7.24. The summed E-state index contributed by atoms with van der Waals surface area (Å²) in [4.78, 5) is 41.8. The van der Waals surface area contributed by atoms with Crippen LogP contribution in [0.4, 0.5) is 4.79 Å². The number of aromatic nitrogens is 2. The second kappa shape index (κ2) is 6.73. The number of rotatable bonds is 5. The predicted octanol–water partition coefficient (Wildman–Crippen LogP) is 1.57. The number of nitrogens with zero attached hydrogens (tertiary/aromatic N) is 3. The summed E-state index contributed by atoms with van der Waals surface area (Å²) in [5.74, 6) is 0. The summed E-state index contributed by atoms with van der Waals surface area (Å²) in [5.41, 5.74) is 0.486. The summed E-state index contributed by atoms with van der Waals surface area (Å²) in [6.45, 7) is 4.90. The van der Waals surface area contributed by atoms with Gasteiger partial charge in [0.2, 0.25) is 0 Å². The van der Waals surface area contributed by atoms with Crippen LogP contribution in [0.1, 0.15) is 42.2 Å². The van der Waals surface area contributed by atoms with Gasteiger partial charge in [0.25, 0.3) is 5.56 Å². The molecule has 2 saturated heterocycles. The van der Waals surface area contributed by atoms with E-state index in [1.54, 1.807) is 9.47 Å².